The molecule has 1 fully saturated rings. The van der Waals surface area contributed by atoms with E-state index in [4.69, 9.17) is 16.3 Å². The second-order valence-electron chi connectivity index (χ2n) is 6.15. The molecule has 1 aliphatic carbocycles. The highest BCUT2D eigenvalue weighted by molar-refractivity contribution is 7.93. The van der Waals surface area contributed by atoms with Crippen LogP contribution >= 0.6 is 11.6 Å². The summed E-state index contributed by atoms with van der Waals surface area (Å²) in [6.07, 6.45) is 1.97. The molecule has 0 heterocycles. The third kappa shape index (κ3) is 3.60. The summed E-state index contributed by atoms with van der Waals surface area (Å²) in [6, 6.07) is 9.94. The Morgan fingerprint density at radius 2 is 1.84 bits per heavy atom. The first-order valence-electron chi connectivity index (χ1n) is 7.98. The minimum Gasteiger partial charge on any atom is -0.497 e. The van der Waals surface area contributed by atoms with Gasteiger partial charge in [0, 0.05) is 6.04 Å². The largest absolute Gasteiger partial charge is 0.497 e. The Morgan fingerprint density at radius 3 is 2.36 bits per heavy atom. The van der Waals surface area contributed by atoms with E-state index in [0.29, 0.717) is 17.4 Å². The number of methoxy groups -OCH3 is 1. The Morgan fingerprint density at radius 1 is 1.20 bits per heavy atom. The minimum atomic E-state index is -3.93. The molecule has 1 unspecified atom stereocenters. The fourth-order valence-corrected chi connectivity index (χ4v) is 5.11. The second-order valence-corrected chi connectivity index (χ2v) is 8.34. The van der Waals surface area contributed by atoms with E-state index in [1.807, 2.05) is 6.92 Å². The molecule has 0 amide bonds. The molecule has 0 N–H and O–H groups in total. The van der Waals surface area contributed by atoms with Gasteiger partial charge in [0.05, 0.1) is 17.8 Å². The molecular formula is C18H19ClFNO3S. The molecular weight excluding hydrogens is 365 g/mol. The van der Waals surface area contributed by atoms with Gasteiger partial charge >= 0.3 is 0 Å². The molecule has 2 aromatic carbocycles. The molecule has 25 heavy (non-hydrogen) atoms. The van der Waals surface area contributed by atoms with Gasteiger partial charge in [-0.05, 0) is 68.1 Å². The molecule has 1 atom stereocenters. The molecule has 0 spiro atoms. The van der Waals surface area contributed by atoms with Crippen LogP contribution in [0, 0.1) is 11.7 Å². The molecule has 7 heteroatoms. The van der Waals surface area contributed by atoms with Crippen molar-refractivity contribution >= 4 is 27.3 Å². The predicted molar refractivity (Wildman–Crippen MR) is 96.3 cm³/mol. The molecule has 0 saturated heterocycles. The number of nitrogens with zero attached hydrogens (tertiary/aromatic N) is 1. The van der Waals surface area contributed by atoms with Crippen LogP contribution in [0.25, 0.3) is 0 Å². The van der Waals surface area contributed by atoms with Crippen molar-refractivity contribution in [3.05, 3.63) is 53.3 Å². The highest BCUT2D eigenvalue weighted by Crippen LogP contribution is 2.40. The lowest BCUT2D eigenvalue weighted by Gasteiger charge is -2.31. The summed E-state index contributed by atoms with van der Waals surface area (Å²) in [4.78, 5) is -0.0983. The Labute approximate surface area is 152 Å². The summed E-state index contributed by atoms with van der Waals surface area (Å²) in [7, 11) is -2.38. The van der Waals surface area contributed by atoms with Crippen LogP contribution in [0.4, 0.5) is 10.1 Å². The molecule has 2 aromatic rings. The van der Waals surface area contributed by atoms with Crippen LogP contribution in [0.1, 0.15) is 19.8 Å². The van der Waals surface area contributed by atoms with Gasteiger partial charge in [-0.15, -0.1) is 0 Å². The van der Waals surface area contributed by atoms with E-state index in [1.165, 1.54) is 10.4 Å². The van der Waals surface area contributed by atoms with Gasteiger partial charge in [-0.3, -0.25) is 4.31 Å². The zero-order chi connectivity index (χ0) is 18.2. The normalized spacial score (nSPS) is 15.7. The summed E-state index contributed by atoms with van der Waals surface area (Å²) in [5.41, 5.74) is 0.528. The zero-order valence-electron chi connectivity index (χ0n) is 13.9. The summed E-state index contributed by atoms with van der Waals surface area (Å²) in [5.74, 6) is 0.367. The van der Waals surface area contributed by atoms with Crippen molar-refractivity contribution in [3.63, 3.8) is 0 Å². The smallest absolute Gasteiger partial charge is 0.266 e. The first-order valence-corrected chi connectivity index (χ1v) is 9.80. The quantitative estimate of drug-likeness (QED) is 0.738. The number of rotatable bonds is 6. The Hall–Kier alpha value is -1.79. The van der Waals surface area contributed by atoms with Gasteiger partial charge in [0.25, 0.3) is 10.0 Å². The first kappa shape index (κ1) is 18.0. The van der Waals surface area contributed by atoms with Gasteiger partial charge in [-0.25, -0.2) is 12.8 Å². The summed E-state index contributed by atoms with van der Waals surface area (Å²) < 4.78 is 46.4. The van der Waals surface area contributed by atoms with Crippen molar-refractivity contribution in [3.8, 4) is 5.75 Å². The molecule has 134 valence electrons. The molecule has 0 aromatic heterocycles. The minimum absolute atomic E-state index is 0.0983. The van der Waals surface area contributed by atoms with E-state index >= 15 is 0 Å². The van der Waals surface area contributed by atoms with Crippen LogP contribution in [0.2, 0.25) is 5.02 Å². The Balaban J connectivity index is 2.09. The molecule has 0 aliphatic heterocycles. The number of benzene rings is 2. The van der Waals surface area contributed by atoms with Crippen LogP contribution in [-0.4, -0.2) is 21.6 Å². The maximum Gasteiger partial charge on any atom is 0.266 e. The molecule has 0 bridgehead atoms. The second kappa shape index (κ2) is 6.84. The van der Waals surface area contributed by atoms with Gasteiger partial charge in [-0.2, -0.15) is 0 Å². The van der Waals surface area contributed by atoms with Crippen molar-refractivity contribution in [2.45, 2.75) is 30.7 Å². The van der Waals surface area contributed by atoms with E-state index < -0.39 is 15.8 Å². The van der Waals surface area contributed by atoms with Crippen molar-refractivity contribution < 1.29 is 17.5 Å². The van der Waals surface area contributed by atoms with Crippen molar-refractivity contribution in [1.82, 2.24) is 0 Å². The van der Waals surface area contributed by atoms with Gasteiger partial charge < -0.3 is 4.74 Å². The third-order valence-electron chi connectivity index (χ3n) is 4.43. The number of ether oxygens (including phenoxy) is 1. The summed E-state index contributed by atoms with van der Waals surface area (Å²) >= 11 is 6.03. The number of halogens is 2. The van der Waals surface area contributed by atoms with E-state index in [-0.39, 0.29) is 16.0 Å². The fraction of sp³-hybridized carbons (Fsp3) is 0.333. The summed E-state index contributed by atoms with van der Waals surface area (Å²) in [5, 5.41) is -0.124. The predicted octanol–water partition coefficient (Wildman–Crippen LogP) is 4.48. The fourth-order valence-electron chi connectivity index (χ4n) is 2.88. The van der Waals surface area contributed by atoms with Crippen molar-refractivity contribution in [2.75, 3.05) is 11.4 Å². The van der Waals surface area contributed by atoms with Crippen LogP contribution < -0.4 is 9.04 Å². The topological polar surface area (TPSA) is 46.6 Å². The summed E-state index contributed by atoms with van der Waals surface area (Å²) in [6.45, 7) is 1.89. The van der Waals surface area contributed by atoms with E-state index in [9.17, 15) is 12.8 Å². The standard InChI is InChI=1S/C18H19ClFNO3S/c1-12(13-3-4-13)21(15-6-8-16(24-2)9-7-15)25(22,23)18-10-5-14(20)11-17(18)19/h5-13H,3-4H2,1-2H3. The third-order valence-corrected chi connectivity index (χ3v) is 6.83. The lowest BCUT2D eigenvalue weighted by atomic mass is 10.2. The Kier molecular flexibility index (Phi) is 4.93. The SMILES string of the molecule is COc1ccc(N(C(C)C2CC2)S(=O)(=O)c2ccc(F)cc2Cl)cc1. The average Bonchev–Trinajstić information content (AvgIpc) is 3.40. The molecule has 0 radical (unpaired) electrons. The lowest BCUT2D eigenvalue weighted by molar-refractivity contribution is 0.415. The van der Waals surface area contributed by atoms with Crippen LogP contribution in [0.15, 0.2) is 47.4 Å². The Bertz CT molecular complexity index is 866. The van der Waals surface area contributed by atoms with Crippen LogP contribution in [0.3, 0.4) is 0 Å². The zero-order valence-corrected chi connectivity index (χ0v) is 15.5. The molecule has 1 saturated carbocycles. The number of hydrogen-bond donors (Lipinski definition) is 0. The number of hydrogen-bond acceptors (Lipinski definition) is 3. The molecule has 3 rings (SSSR count). The lowest BCUT2D eigenvalue weighted by Crippen LogP contribution is -2.40. The first-order chi connectivity index (χ1) is 11.8. The van der Waals surface area contributed by atoms with Crippen molar-refractivity contribution in [1.29, 1.82) is 0 Å². The monoisotopic (exact) mass is 383 g/mol. The molecule has 1 aliphatic rings. The maximum absolute atomic E-state index is 13.3. The van der Waals surface area contributed by atoms with Crippen LogP contribution in [0.5, 0.6) is 5.75 Å². The van der Waals surface area contributed by atoms with Gasteiger partial charge in [-0.1, -0.05) is 11.6 Å². The average molecular weight is 384 g/mol. The van der Waals surface area contributed by atoms with Gasteiger partial charge in [0.15, 0.2) is 0 Å². The number of anilines is 1. The highest BCUT2D eigenvalue weighted by atomic mass is 35.5. The van der Waals surface area contributed by atoms with Crippen LogP contribution in [-0.2, 0) is 10.0 Å². The van der Waals surface area contributed by atoms with E-state index in [2.05, 4.69) is 0 Å². The number of sulfonamides is 1. The van der Waals surface area contributed by atoms with Gasteiger partial charge in [0.2, 0.25) is 0 Å². The molecule has 4 nitrogen and oxygen atoms in total. The maximum atomic E-state index is 13.3. The van der Waals surface area contributed by atoms with Crippen molar-refractivity contribution in [2.24, 2.45) is 5.92 Å². The van der Waals surface area contributed by atoms with Gasteiger partial charge in [0.1, 0.15) is 16.5 Å². The van der Waals surface area contributed by atoms with E-state index in [1.54, 1.807) is 31.4 Å². The van der Waals surface area contributed by atoms with E-state index in [0.717, 1.165) is 25.0 Å². The highest BCUT2D eigenvalue weighted by Gasteiger charge is 2.39.